The van der Waals surface area contributed by atoms with E-state index in [1.165, 1.54) is 0 Å². The molecule has 2 heterocycles. The fourth-order valence-electron chi connectivity index (χ4n) is 2.69. The lowest BCUT2D eigenvalue weighted by atomic mass is 10.00. The number of carbonyl (C=O) groups is 1. The van der Waals surface area contributed by atoms with Gasteiger partial charge < -0.3 is 10.6 Å². The van der Waals surface area contributed by atoms with Gasteiger partial charge in [0.25, 0.3) is 5.91 Å². The van der Waals surface area contributed by atoms with E-state index in [1.54, 1.807) is 23.1 Å². The third-order valence-electron chi connectivity index (χ3n) is 4.00. The number of amides is 1. The van der Waals surface area contributed by atoms with Gasteiger partial charge in [0.1, 0.15) is 0 Å². The van der Waals surface area contributed by atoms with Crippen molar-refractivity contribution in [3.63, 3.8) is 0 Å². The Morgan fingerprint density at radius 2 is 2.30 bits per heavy atom. The summed E-state index contributed by atoms with van der Waals surface area (Å²) in [5.41, 5.74) is 1.39. The highest BCUT2D eigenvalue weighted by Crippen LogP contribution is 2.15. The van der Waals surface area contributed by atoms with E-state index in [0.29, 0.717) is 16.6 Å². The summed E-state index contributed by atoms with van der Waals surface area (Å²) in [4.78, 5) is 12.4. The molecule has 2 N–H and O–H groups in total. The number of hydrogen-bond acceptors (Lipinski definition) is 3. The number of carbonyl (C=O) groups excluding carboxylic acids is 1. The van der Waals surface area contributed by atoms with Crippen molar-refractivity contribution in [2.75, 3.05) is 6.54 Å². The number of rotatable bonds is 3. The zero-order valence-corrected chi connectivity index (χ0v) is 14.4. The number of benzene rings is 1. The molecule has 0 spiro atoms. The summed E-state index contributed by atoms with van der Waals surface area (Å²) < 4.78 is 1.66. The maximum Gasteiger partial charge on any atom is 0.254 e. The summed E-state index contributed by atoms with van der Waals surface area (Å²) in [7, 11) is 0. The van der Waals surface area contributed by atoms with E-state index in [9.17, 15) is 4.79 Å². The molecule has 1 aliphatic heterocycles. The predicted molar refractivity (Wildman–Crippen MR) is 93.8 cm³/mol. The fraction of sp³-hybridized carbons (Fsp3) is 0.375. The van der Waals surface area contributed by atoms with E-state index in [-0.39, 0.29) is 24.4 Å². The summed E-state index contributed by atoms with van der Waals surface area (Å²) in [6, 6.07) is 7.82. The van der Waals surface area contributed by atoms with Gasteiger partial charge in [0.05, 0.1) is 17.4 Å². The molecule has 1 amide bonds. The summed E-state index contributed by atoms with van der Waals surface area (Å²) in [5.74, 6) is -0.0890. The normalized spacial score (nSPS) is 20.6. The molecule has 124 valence electrons. The Bertz CT molecular complexity index is 674. The number of piperidine rings is 1. The highest BCUT2D eigenvalue weighted by atomic mass is 35.5. The van der Waals surface area contributed by atoms with Crippen molar-refractivity contribution in [1.82, 2.24) is 20.4 Å². The molecule has 1 aromatic heterocycles. The van der Waals surface area contributed by atoms with E-state index in [2.05, 4.69) is 22.7 Å². The van der Waals surface area contributed by atoms with Crippen molar-refractivity contribution >= 4 is 29.9 Å². The summed E-state index contributed by atoms with van der Waals surface area (Å²) >= 11 is 5.98. The van der Waals surface area contributed by atoms with Crippen LogP contribution in [0.3, 0.4) is 0 Å². The van der Waals surface area contributed by atoms with Crippen LogP contribution in [-0.4, -0.2) is 34.3 Å². The topological polar surface area (TPSA) is 58.9 Å². The number of nitrogens with one attached hydrogen (secondary N) is 2. The first-order valence-corrected chi connectivity index (χ1v) is 7.86. The molecule has 1 aromatic carbocycles. The standard InChI is InChI=1S/C16H19ClN4O.ClH/c1-11-15(6-3-7-18-11)20-16(22)12-9-19-21(10-12)14-5-2-4-13(17)8-14;/h2,4-5,8-11,15,18H,3,6-7H2,1H3,(H,20,22);1H. The average molecular weight is 355 g/mol. The molecule has 0 saturated carbocycles. The van der Waals surface area contributed by atoms with Gasteiger partial charge >= 0.3 is 0 Å². The van der Waals surface area contributed by atoms with E-state index >= 15 is 0 Å². The Balaban J connectivity index is 0.00000192. The molecule has 2 aromatic rings. The minimum absolute atomic E-state index is 0. The lowest BCUT2D eigenvalue weighted by Crippen LogP contribution is -2.51. The van der Waals surface area contributed by atoms with Crippen molar-refractivity contribution in [2.45, 2.75) is 31.8 Å². The molecule has 0 radical (unpaired) electrons. The van der Waals surface area contributed by atoms with Crippen LogP contribution in [0.2, 0.25) is 5.02 Å². The second kappa shape index (κ2) is 7.81. The van der Waals surface area contributed by atoms with Gasteiger partial charge in [-0.3, -0.25) is 4.79 Å². The van der Waals surface area contributed by atoms with E-state index in [0.717, 1.165) is 25.1 Å². The highest BCUT2D eigenvalue weighted by Gasteiger charge is 2.23. The number of nitrogens with zero attached hydrogens (tertiary/aromatic N) is 2. The van der Waals surface area contributed by atoms with Crippen molar-refractivity contribution in [2.24, 2.45) is 0 Å². The minimum Gasteiger partial charge on any atom is -0.348 e. The monoisotopic (exact) mass is 354 g/mol. The second-order valence-corrected chi connectivity index (χ2v) is 6.05. The maximum absolute atomic E-state index is 12.4. The molecule has 2 unspecified atom stereocenters. The number of hydrogen-bond donors (Lipinski definition) is 2. The van der Waals surface area contributed by atoms with Crippen LogP contribution in [0, 0.1) is 0 Å². The van der Waals surface area contributed by atoms with E-state index in [4.69, 9.17) is 11.6 Å². The molecule has 5 nitrogen and oxygen atoms in total. The molecular weight excluding hydrogens is 335 g/mol. The molecular formula is C16H20Cl2N4O. The zero-order chi connectivity index (χ0) is 15.5. The van der Waals surface area contributed by atoms with Gasteiger partial charge in [0, 0.05) is 23.3 Å². The average Bonchev–Trinajstić information content (AvgIpc) is 2.99. The van der Waals surface area contributed by atoms with Crippen LogP contribution >= 0.6 is 24.0 Å². The molecule has 0 aliphatic carbocycles. The second-order valence-electron chi connectivity index (χ2n) is 5.62. The first-order chi connectivity index (χ1) is 10.6. The van der Waals surface area contributed by atoms with E-state index < -0.39 is 0 Å². The maximum atomic E-state index is 12.4. The highest BCUT2D eigenvalue weighted by molar-refractivity contribution is 6.30. The quantitative estimate of drug-likeness (QED) is 0.890. The molecule has 3 rings (SSSR count). The Morgan fingerprint density at radius 1 is 1.48 bits per heavy atom. The molecule has 23 heavy (non-hydrogen) atoms. The van der Waals surface area contributed by atoms with Crippen molar-refractivity contribution in [3.05, 3.63) is 47.2 Å². The van der Waals surface area contributed by atoms with Gasteiger partial charge in [-0.25, -0.2) is 4.68 Å². The lowest BCUT2D eigenvalue weighted by Gasteiger charge is -2.30. The Kier molecular flexibility index (Phi) is 6.04. The molecule has 0 bridgehead atoms. The van der Waals surface area contributed by atoms with Gasteiger partial charge in [-0.2, -0.15) is 5.10 Å². The summed E-state index contributed by atoms with van der Waals surface area (Å²) in [5, 5.41) is 11.3. The smallest absolute Gasteiger partial charge is 0.254 e. The zero-order valence-electron chi connectivity index (χ0n) is 12.8. The van der Waals surface area contributed by atoms with Gasteiger partial charge in [-0.15, -0.1) is 12.4 Å². The third-order valence-corrected chi connectivity index (χ3v) is 4.23. The van der Waals surface area contributed by atoms with Crippen LogP contribution in [0.4, 0.5) is 0 Å². The van der Waals surface area contributed by atoms with Gasteiger partial charge in [0.15, 0.2) is 0 Å². The molecule has 1 aliphatic rings. The van der Waals surface area contributed by atoms with Crippen LogP contribution in [-0.2, 0) is 0 Å². The number of aromatic nitrogens is 2. The minimum atomic E-state index is -0.0890. The van der Waals surface area contributed by atoms with Gasteiger partial charge in [0.2, 0.25) is 0 Å². The Morgan fingerprint density at radius 3 is 3.04 bits per heavy atom. The Hall–Kier alpha value is -1.56. The van der Waals surface area contributed by atoms with Crippen molar-refractivity contribution in [1.29, 1.82) is 0 Å². The van der Waals surface area contributed by atoms with Crippen molar-refractivity contribution < 1.29 is 4.79 Å². The first-order valence-electron chi connectivity index (χ1n) is 7.48. The third kappa shape index (κ3) is 4.25. The van der Waals surface area contributed by atoms with Gasteiger partial charge in [-0.05, 0) is 44.5 Å². The number of halogens is 2. The van der Waals surface area contributed by atoms with Crippen LogP contribution in [0.15, 0.2) is 36.7 Å². The summed E-state index contributed by atoms with van der Waals surface area (Å²) in [6.07, 6.45) is 5.39. The largest absolute Gasteiger partial charge is 0.348 e. The SMILES string of the molecule is CC1NCCCC1NC(=O)c1cnn(-c2cccc(Cl)c2)c1.Cl. The van der Waals surface area contributed by atoms with E-state index in [1.807, 2.05) is 18.2 Å². The van der Waals surface area contributed by atoms with Crippen molar-refractivity contribution in [3.8, 4) is 5.69 Å². The van der Waals surface area contributed by atoms with Crippen LogP contribution in [0.1, 0.15) is 30.1 Å². The molecule has 7 heteroatoms. The molecule has 1 saturated heterocycles. The first kappa shape index (κ1) is 17.8. The molecule has 2 atom stereocenters. The van der Waals surface area contributed by atoms with Crippen LogP contribution in [0.25, 0.3) is 5.69 Å². The van der Waals surface area contributed by atoms with Crippen LogP contribution in [0.5, 0.6) is 0 Å². The van der Waals surface area contributed by atoms with Gasteiger partial charge in [-0.1, -0.05) is 17.7 Å². The Labute approximate surface area is 146 Å². The lowest BCUT2D eigenvalue weighted by molar-refractivity contribution is 0.0920. The predicted octanol–water partition coefficient (Wildman–Crippen LogP) is 2.82. The fourth-order valence-corrected chi connectivity index (χ4v) is 2.88. The summed E-state index contributed by atoms with van der Waals surface area (Å²) in [6.45, 7) is 3.11. The van der Waals surface area contributed by atoms with Crippen LogP contribution < -0.4 is 10.6 Å². The molecule has 1 fully saturated rings.